The molecule has 9 heteroatoms. The average molecular weight is 421 g/mol. The van der Waals surface area contributed by atoms with E-state index in [0.29, 0.717) is 37.8 Å². The van der Waals surface area contributed by atoms with Gasteiger partial charge >= 0.3 is 0 Å². The van der Waals surface area contributed by atoms with E-state index >= 15 is 0 Å². The van der Waals surface area contributed by atoms with Gasteiger partial charge in [0.15, 0.2) is 5.65 Å². The zero-order chi connectivity index (χ0) is 17.6. The average Bonchev–Trinajstić information content (AvgIpc) is 3.15. The van der Waals surface area contributed by atoms with Gasteiger partial charge in [-0.05, 0) is 28.1 Å². The molecule has 25 heavy (non-hydrogen) atoms. The predicted octanol–water partition coefficient (Wildman–Crippen LogP) is 3.25. The minimum atomic E-state index is -0.202. The molecule has 0 unspecified atom stereocenters. The second-order valence-electron chi connectivity index (χ2n) is 5.41. The van der Waals surface area contributed by atoms with Crippen molar-refractivity contribution in [1.29, 1.82) is 0 Å². The Morgan fingerprint density at radius 3 is 2.92 bits per heavy atom. The minimum absolute atomic E-state index is 0.202. The monoisotopic (exact) mass is 419 g/mol. The fourth-order valence-electron chi connectivity index (χ4n) is 2.56. The maximum atomic E-state index is 12.7. The molecule has 0 amide bonds. The number of hydrogen-bond donors (Lipinski definition) is 0. The molecule has 0 saturated heterocycles. The van der Waals surface area contributed by atoms with Crippen LogP contribution < -0.4 is 5.56 Å². The number of oxazole rings is 1. The Balaban J connectivity index is 1.71. The molecule has 0 radical (unpaired) electrons. The highest BCUT2D eigenvalue weighted by Gasteiger charge is 2.15. The molecule has 0 atom stereocenters. The molecule has 4 rings (SSSR count). The first-order chi connectivity index (χ1) is 12.0. The summed E-state index contributed by atoms with van der Waals surface area (Å²) in [6.45, 7) is 0.233. The van der Waals surface area contributed by atoms with Gasteiger partial charge in [-0.2, -0.15) is 5.10 Å². The maximum Gasteiger partial charge on any atom is 0.266 e. The third-order valence-corrected chi connectivity index (χ3v) is 4.64. The highest BCUT2D eigenvalue weighted by atomic mass is 79.9. The summed E-state index contributed by atoms with van der Waals surface area (Å²) in [6.07, 6.45) is 2.98. The standard InChI is InChI=1S/C16H11BrClN5O2/c1-22-14-12(13(17)21-22)16(24)23(8-19-14)6-9-7-25-15(20-9)10-4-2-3-5-11(10)18/h2-5,7-8H,6H2,1H3. The fourth-order valence-corrected chi connectivity index (χ4v) is 3.36. The molecule has 0 aliphatic heterocycles. The van der Waals surface area contributed by atoms with Crippen LogP contribution in [0.4, 0.5) is 0 Å². The lowest BCUT2D eigenvalue weighted by Gasteiger charge is -2.02. The van der Waals surface area contributed by atoms with E-state index in [9.17, 15) is 4.79 Å². The predicted molar refractivity (Wildman–Crippen MR) is 96.5 cm³/mol. The van der Waals surface area contributed by atoms with Crippen LogP contribution in [0.15, 0.2) is 50.7 Å². The van der Waals surface area contributed by atoms with Gasteiger partial charge in [-0.1, -0.05) is 23.7 Å². The van der Waals surface area contributed by atoms with Crippen molar-refractivity contribution in [2.45, 2.75) is 6.54 Å². The summed E-state index contributed by atoms with van der Waals surface area (Å²) < 4.78 is 8.98. The Bertz CT molecular complexity index is 1150. The summed E-state index contributed by atoms with van der Waals surface area (Å²) in [6, 6.07) is 7.28. The minimum Gasteiger partial charge on any atom is -0.444 e. The van der Waals surface area contributed by atoms with E-state index in [-0.39, 0.29) is 12.1 Å². The van der Waals surface area contributed by atoms with Gasteiger partial charge < -0.3 is 4.42 Å². The molecule has 0 N–H and O–H groups in total. The summed E-state index contributed by atoms with van der Waals surface area (Å²) in [5.41, 5.74) is 1.61. The second kappa shape index (κ2) is 6.12. The van der Waals surface area contributed by atoms with Crippen LogP contribution in [0.3, 0.4) is 0 Å². The highest BCUT2D eigenvalue weighted by Crippen LogP contribution is 2.26. The lowest BCUT2D eigenvalue weighted by molar-refractivity contribution is 0.571. The smallest absolute Gasteiger partial charge is 0.266 e. The van der Waals surface area contributed by atoms with E-state index in [1.54, 1.807) is 17.8 Å². The molecule has 126 valence electrons. The first-order valence-electron chi connectivity index (χ1n) is 7.31. The summed E-state index contributed by atoms with van der Waals surface area (Å²) in [5.74, 6) is 0.408. The molecule has 3 aromatic heterocycles. The normalized spacial score (nSPS) is 11.3. The van der Waals surface area contributed by atoms with Crippen molar-refractivity contribution in [2.75, 3.05) is 0 Å². The van der Waals surface area contributed by atoms with E-state index in [4.69, 9.17) is 16.0 Å². The molecule has 4 aromatic rings. The van der Waals surface area contributed by atoms with E-state index in [0.717, 1.165) is 0 Å². The van der Waals surface area contributed by atoms with Crippen molar-refractivity contribution in [2.24, 2.45) is 7.05 Å². The van der Waals surface area contributed by atoms with Crippen LogP contribution in [0.2, 0.25) is 5.02 Å². The molecule has 3 heterocycles. The highest BCUT2D eigenvalue weighted by molar-refractivity contribution is 9.10. The maximum absolute atomic E-state index is 12.7. The van der Waals surface area contributed by atoms with Crippen LogP contribution >= 0.6 is 27.5 Å². The third kappa shape index (κ3) is 2.77. The lowest BCUT2D eigenvalue weighted by atomic mass is 10.2. The lowest BCUT2D eigenvalue weighted by Crippen LogP contribution is -2.21. The summed E-state index contributed by atoms with van der Waals surface area (Å²) in [4.78, 5) is 21.4. The van der Waals surface area contributed by atoms with Gasteiger partial charge in [-0.15, -0.1) is 0 Å². The number of benzene rings is 1. The van der Waals surface area contributed by atoms with E-state index in [1.165, 1.54) is 17.2 Å². The third-order valence-electron chi connectivity index (χ3n) is 3.76. The summed E-state index contributed by atoms with van der Waals surface area (Å²) >= 11 is 9.46. The van der Waals surface area contributed by atoms with Crippen molar-refractivity contribution < 1.29 is 4.42 Å². The van der Waals surface area contributed by atoms with Crippen LogP contribution in [0, 0.1) is 0 Å². The molecule has 7 nitrogen and oxygen atoms in total. The van der Waals surface area contributed by atoms with Gasteiger partial charge in [0.2, 0.25) is 5.89 Å². The number of rotatable bonds is 3. The van der Waals surface area contributed by atoms with Crippen LogP contribution in [0.1, 0.15) is 5.69 Å². The molecule has 0 spiro atoms. The molecular formula is C16H11BrClN5O2. The van der Waals surface area contributed by atoms with Crippen molar-refractivity contribution in [3.8, 4) is 11.5 Å². The summed E-state index contributed by atoms with van der Waals surface area (Å²) in [7, 11) is 1.73. The quantitative estimate of drug-likeness (QED) is 0.508. The van der Waals surface area contributed by atoms with Crippen LogP contribution in [-0.4, -0.2) is 24.3 Å². The molecule has 0 aliphatic rings. The van der Waals surface area contributed by atoms with E-state index in [1.807, 2.05) is 18.2 Å². The Morgan fingerprint density at radius 1 is 1.32 bits per heavy atom. The van der Waals surface area contributed by atoms with E-state index < -0.39 is 0 Å². The Labute approximate surface area is 155 Å². The Morgan fingerprint density at radius 2 is 2.12 bits per heavy atom. The number of fused-ring (bicyclic) bond motifs is 1. The molecule has 0 bridgehead atoms. The Kier molecular flexibility index (Phi) is 3.93. The van der Waals surface area contributed by atoms with Gasteiger partial charge in [0.25, 0.3) is 5.56 Å². The first-order valence-corrected chi connectivity index (χ1v) is 8.48. The number of nitrogens with zero attached hydrogens (tertiary/aromatic N) is 5. The van der Waals surface area contributed by atoms with Gasteiger partial charge in [0.1, 0.15) is 22.6 Å². The molecular weight excluding hydrogens is 410 g/mol. The van der Waals surface area contributed by atoms with Crippen LogP contribution in [0.5, 0.6) is 0 Å². The van der Waals surface area contributed by atoms with Crippen molar-refractivity contribution >= 4 is 38.6 Å². The molecule has 0 fully saturated rings. The first kappa shape index (κ1) is 16.0. The molecule has 0 aliphatic carbocycles. The van der Waals surface area contributed by atoms with Crippen LogP contribution in [0.25, 0.3) is 22.5 Å². The van der Waals surface area contributed by atoms with E-state index in [2.05, 4.69) is 31.0 Å². The number of halogens is 2. The van der Waals surface area contributed by atoms with Gasteiger partial charge in [0.05, 0.1) is 22.8 Å². The molecule has 1 aromatic carbocycles. The van der Waals surface area contributed by atoms with Gasteiger partial charge in [-0.3, -0.25) is 9.36 Å². The van der Waals surface area contributed by atoms with Crippen molar-refractivity contribution in [1.82, 2.24) is 24.3 Å². The Hall–Kier alpha value is -2.45. The zero-order valence-corrected chi connectivity index (χ0v) is 15.3. The van der Waals surface area contributed by atoms with Crippen LogP contribution in [-0.2, 0) is 13.6 Å². The number of aromatic nitrogens is 5. The largest absolute Gasteiger partial charge is 0.444 e. The van der Waals surface area contributed by atoms with Gasteiger partial charge in [0, 0.05) is 7.05 Å². The van der Waals surface area contributed by atoms with Crippen molar-refractivity contribution in [3.63, 3.8) is 0 Å². The number of hydrogen-bond acceptors (Lipinski definition) is 5. The van der Waals surface area contributed by atoms with Gasteiger partial charge in [-0.25, -0.2) is 14.6 Å². The topological polar surface area (TPSA) is 78.7 Å². The van der Waals surface area contributed by atoms with Crippen molar-refractivity contribution in [3.05, 3.63) is 62.5 Å². The summed E-state index contributed by atoms with van der Waals surface area (Å²) in [5, 5.41) is 5.14. The fraction of sp³-hybridized carbons (Fsp3) is 0.125. The zero-order valence-electron chi connectivity index (χ0n) is 13.0. The second-order valence-corrected chi connectivity index (χ2v) is 6.57. The number of aryl methyl sites for hydroxylation is 1. The SMILES string of the molecule is Cn1nc(Br)c2c(=O)n(Cc3coc(-c4ccccc4Cl)n3)cnc21. The molecule has 0 saturated carbocycles.